The summed E-state index contributed by atoms with van der Waals surface area (Å²) in [6, 6.07) is 9.29. The van der Waals surface area contributed by atoms with Gasteiger partial charge in [-0.2, -0.15) is 0 Å². The standard InChI is InChI=1S/C18H18Cl2N2O4S/c1-3-8-27-13-5-6-16(22(24)25)15(10-13)21-18(23)11(2)26-17-7-4-12(19)9-14(17)20/h4-7,9-11H,3,8H2,1-2H3,(H,21,23)/t11-/m1/s1. The van der Waals surface area contributed by atoms with E-state index in [9.17, 15) is 14.9 Å². The minimum Gasteiger partial charge on any atom is -0.479 e. The topological polar surface area (TPSA) is 81.5 Å². The number of amides is 1. The number of carbonyl (C=O) groups excluding carboxylic acids is 1. The maximum absolute atomic E-state index is 12.5. The van der Waals surface area contributed by atoms with Crippen LogP contribution in [0.4, 0.5) is 11.4 Å². The van der Waals surface area contributed by atoms with Crippen LogP contribution in [-0.4, -0.2) is 22.7 Å². The third-order valence-electron chi connectivity index (χ3n) is 3.46. The van der Waals surface area contributed by atoms with Crippen LogP contribution in [0.2, 0.25) is 10.0 Å². The molecule has 0 aliphatic heterocycles. The summed E-state index contributed by atoms with van der Waals surface area (Å²) in [5.74, 6) is 0.645. The summed E-state index contributed by atoms with van der Waals surface area (Å²) in [6.07, 6.45) is 0.0472. The molecular weight excluding hydrogens is 411 g/mol. The van der Waals surface area contributed by atoms with E-state index in [-0.39, 0.29) is 16.4 Å². The number of nitro benzene ring substituents is 1. The predicted molar refractivity (Wildman–Crippen MR) is 109 cm³/mol. The first-order valence-corrected chi connectivity index (χ1v) is 9.89. The first-order chi connectivity index (χ1) is 12.8. The van der Waals surface area contributed by atoms with Crippen LogP contribution in [0.25, 0.3) is 0 Å². The molecule has 0 saturated heterocycles. The molecule has 0 aromatic heterocycles. The van der Waals surface area contributed by atoms with Gasteiger partial charge < -0.3 is 10.1 Å². The Morgan fingerprint density at radius 2 is 2.04 bits per heavy atom. The third kappa shape index (κ3) is 6.02. The van der Waals surface area contributed by atoms with Gasteiger partial charge in [0.05, 0.1) is 9.95 Å². The number of nitrogens with one attached hydrogen (secondary N) is 1. The van der Waals surface area contributed by atoms with Crippen molar-refractivity contribution < 1.29 is 14.5 Å². The maximum atomic E-state index is 12.5. The molecule has 0 fully saturated rings. The number of nitro groups is 1. The van der Waals surface area contributed by atoms with E-state index in [1.807, 2.05) is 6.92 Å². The Morgan fingerprint density at radius 3 is 2.67 bits per heavy atom. The lowest BCUT2D eigenvalue weighted by Gasteiger charge is -2.16. The molecule has 1 N–H and O–H groups in total. The molecule has 1 amide bonds. The summed E-state index contributed by atoms with van der Waals surface area (Å²) in [4.78, 5) is 24.0. The lowest BCUT2D eigenvalue weighted by molar-refractivity contribution is -0.384. The number of thioether (sulfide) groups is 1. The highest BCUT2D eigenvalue weighted by Gasteiger charge is 2.21. The molecule has 0 spiro atoms. The van der Waals surface area contributed by atoms with E-state index < -0.39 is 16.9 Å². The second kappa shape index (κ2) is 9.82. The first-order valence-electron chi connectivity index (χ1n) is 8.15. The fraction of sp³-hybridized carbons (Fsp3) is 0.278. The number of halogens is 2. The van der Waals surface area contributed by atoms with Crippen molar-refractivity contribution in [2.45, 2.75) is 31.3 Å². The van der Waals surface area contributed by atoms with Gasteiger partial charge in [-0.05, 0) is 49.4 Å². The smallest absolute Gasteiger partial charge is 0.292 e. The Balaban J connectivity index is 2.16. The number of hydrogen-bond donors (Lipinski definition) is 1. The van der Waals surface area contributed by atoms with E-state index in [1.165, 1.54) is 19.1 Å². The number of ether oxygens (including phenoxy) is 1. The normalized spacial score (nSPS) is 11.7. The molecule has 2 aromatic rings. The lowest BCUT2D eigenvalue weighted by Crippen LogP contribution is -2.30. The Labute approximate surface area is 171 Å². The van der Waals surface area contributed by atoms with E-state index in [4.69, 9.17) is 27.9 Å². The van der Waals surface area contributed by atoms with Gasteiger partial charge in [0, 0.05) is 16.0 Å². The molecule has 144 valence electrons. The van der Waals surface area contributed by atoms with Gasteiger partial charge in [0.2, 0.25) is 0 Å². The highest BCUT2D eigenvalue weighted by molar-refractivity contribution is 7.99. The number of hydrogen-bond acceptors (Lipinski definition) is 5. The monoisotopic (exact) mass is 428 g/mol. The van der Waals surface area contributed by atoms with Crippen LogP contribution in [-0.2, 0) is 4.79 Å². The van der Waals surface area contributed by atoms with E-state index in [2.05, 4.69) is 5.32 Å². The van der Waals surface area contributed by atoms with Crippen molar-refractivity contribution in [3.63, 3.8) is 0 Å². The molecule has 0 unspecified atom stereocenters. The molecule has 2 aromatic carbocycles. The van der Waals surface area contributed by atoms with Crippen molar-refractivity contribution in [2.24, 2.45) is 0 Å². The zero-order valence-corrected chi connectivity index (χ0v) is 17.0. The van der Waals surface area contributed by atoms with Crippen LogP contribution in [0.1, 0.15) is 20.3 Å². The van der Waals surface area contributed by atoms with Crippen molar-refractivity contribution in [2.75, 3.05) is 11.1 Å². The van der Waals surface area contributed by atoms with Gasteiger partial charge in [-0.15, -0.1) is 11.8 Å². The first kappa shape index (κ1) is 21.3. The van der Waals surface area contributed by atoms with E-state index in [1.54, 1.807) is 36.0 Å². The van der Waals surface area contributed by atoms with Gasteiger partial charge in [0.15, 0.2) is 6.10 Å². The summed E-state index contributed by atoms with van der Waals surface area (Å²) >= 11 is 13.4. The number of rotatable bonds is 8. The summed E-state index contributed by atoms with van der Waals surface area (Å²) in [6.45, 7) is 3.57. The van der Waals surface area contributed by atoms with Crippen LogP contribution in [0, 0.1) is 10.1 Å². The SMILES string of the molecule is CCCSc1ccc([N+](=O)[O-])c(NC(=O)[C@@H](C)Oc2ccc(Cl)cc2Cl)c1. The van der Waals surface area contributed by atoms with Crippen LogP contribution in [0.3, 0.4) is 0 Å². The number of carbonyl (C=O) groups is 1. The molecule has 0 saturated carbocycles. The molecule has 2 rings (SSSR count). The summed E-state index contributed by atoms with van der Waals surface area (Å²) in [5, 5.41) is 14.5. The third-order valence-corrected chi connectivity index (χ3v) is 5.19. The van der Waals surface area contributed by atoms with Gasteiger partial charge >= 0.3 is 0 Å². The highest BCUT2D eigenvalue weighted by atomic mass is 35.5. The van der Waals surface area contributed by atoms with Gasteiger partial charge in [-0.25, -0.2) is 0 Å². The van der Waals surface area contributed by atoms with E-state index >= 15 is 0 Å². The summed E-state index contributed by atoms with van der Waals surface area (Å²) < 4.78 is 5.55. The summed E-state index contributed by atoms with van der Waals surface area (Å²) in [7, 11) is 0. The Bertz CT molecular complexity index is 848. The van der Waals surface area contributed by atoms with Crippen LogP contribution in [0.5, 0.6) is 5.75 Å². The minimum absolute atomic E-state index is 0.128. The molecule has 1 atom stereocenters. The number of nitrogens with zero attached hydrogens (tertiary/aromatic N) is 1. The minimum atomic E-state index is -0.921. The average Bonchev–Trinajstić information content (AvgIpc) is 2.62. The molecule has 0 aliphatic carbocycles. The predicted octanol–water partition coefficient (Wildman–Crippen LogP) is 5.81. The molecule has 0 heterocycles. The van der Waals surface area contributed by atoms with Gasteiger partial charge in [-0.1, -0.05) is 30.1 Å². The van der Waals surface area contributed by atoms with Crippen LogP contribution >= 0.6 is 35.0 Å². The summed E-state index contributed by atoms with van der Waals surface area (Å²) in [5.41, 5.74) is -0.0512. The van der Waals surface area contributed by atoms with Crippen molar-refractivity contribution in [3.05, 3.63) is 56.6 Å². The van der Waals surface area contributed by atoms with Crippen LogP contribution < -0.4 is 10.1 Å². The fourth-order valence-corrected chi connectivity index (χ4v) is 3.39. The van der Waals surface area contributed by atoms with Crippen molar-refractivity contribution in [1.82, 2.24) is 0 Å². The van der Waals surface area contributed by atoms with E-state index in [0.717, 1.165) is 17.1 Å². The van der Waals surface area contributed by atoms with E-state index in [0.29, 0.717) is 10.8 Å². The maximum Gasteiger partial charge on any atom is 0.292 e. The molecule has 6 nitrogen and oxygen atoms in total. The molecule has 9 heteroatoms. The Kier molecular flexibility index (Phi) is 7.77. The van der Waals surface area contributed by atoms with Gasteiger partial charge in [-0.3, -0.25) is 14.9 Å². The van der Waals surface area contributed by atoms with Crippen LogP contribution in [0.15, 0.2) is 41.3 Å². The highest BCUT2D eigenvalue weighted by Crippen LogP contribution is 2.31. The second-order valence-corrected chi connectivity index (χ2v) is 7.62. The molecule has 27 heavy (non-hydrogen) atoms. The number of anilines is 1. The molecule has 0 bridgehead atoms. The average molecular weight is 429 g/mol. The zero-order valence-electron chi connectivity index (χ0n) is 14.7. The quantitative estimate of drug-likeness (QED) is 0.325. The fourth-order valence-electron chi connectivity index (χ4n) is 2.13. The Morgan fingerprint density at radius 1 is 1.30 bits per heavy atom. The van der Waals surface area contributed by atoms with Gasteiger partial charge in [0.1, 0.15) is 11.4 Å². The largest absolute Gasteiger partial charge is 0.479 e. The second-order valence-electron chi connectivity index (χ2n) is 5.61. The lowest BCUT2D eigenvalue weighted by atomic mass is 10.2. The zero-order chi connectivity index (χ0) is 20.0. The van der Waals surface area contributed by atoms with Crippen molar-refractivity contribution in [3.8, 4) is 5.75 Å². The number of benzene rings is 2. The Hall–Kier alpha value is -1.96. The van der Waals surface area contributed by atoms with Gasteiger partial charge in [0.25, 0.3) is 11.6 Å². The van der Waals surface area contributed by atoms with Crippen molar-refractivity contribution >= 4 is 52.2 Å². The molecular formula is C18H18Cl2N2O4S. The van der Waals surface area contributed by atoms with Crippen molar-refractivity contribution in [1.29, 1.82) is 0 Å². The molecule has 0 aliphatic rings. The molecule has 0 radical (unpaired) electrons.